The quantitative estimate of drug-likeness (QED) is 0.863. The summed E-state index contributed by atoms with van der Waals surface area (Å²) < 4.78 is 5.69. The molecule has 1 atom stereocenters. The van der Waals surface area contributed by atoms with Crippen molar-refractivity contribution in [2.45, 2.75) is 25.9 Å². The molecule has 6 nitrogen and oxygen atoms in total. The van der Waals surface area contributed by atoms with Crippen LogP contribution in [0.3, 0.4) is 0 Å². The molecule has 126 valence electrons. The summed E-state index contributed by atoms with van der Waals surface area (Å²) in [6.07, 6.45) is 0.762. The van der Waals surface area contributed by atoms with Crippen molar-refractivity contribution in [2.24, 2.45) is 5.92 Å². The van der Waals surface area contributed by atoms with E-state index in [0.29, 0.717) is 43.2 Å². The van der Waals surface area contributed by atoms with E-state index in [1.807, 2.05) is 19.1 Å². The van der Waals surface area contributed by atoms with Gasteiger partial charge in [-0.1, -0.05) is 23.7 Å². The van der Waals surface area contributed by atoms with Crippen molar-refractivity contribution in [1.29, 1.82) is 0 Å². The third kappa shape index (κ3) is 5.03. The predicted octanol–water partition coefficient (Wildman–Crippen LogP) is 2.61. The predicted molar refractivity (Wildman–Crippen MR) is 86.9 cm³/mol. The summed E-state index contributed by atoms with van der Waals surface area (Å²) in [6, 6.07) is 6.98. The number of carboxylic acids is 1. The Labute approximate surface area is 140 Å². The minimum atomic E-state index is -0.785. The highest BCUT2D eigenvalue weighted by Gasteiger charge is 2.27. The maximum absolute atomic E-state index is 12.1. The van der Waals surface area contributed by atoms with E-state index in [4.69, 9.17) is 21.4 Å². The number of nitrogens with one attached hydrogen (secondary N) is 1. The number of halogens is 1. The molecule has 0 spiro atoms. The van der Waals surface area contributed by atoms with Crippen LogP contribution in [0, 0.1) is 5.92 Å². The summed E-state index contributed by atoms with van der Waals surface area (Å²) in [5, 5.41) is 12.3. The smallest absolute Gasteiger partial charge is 0.317 e. The average molecular weight is 341 g/mol. The van der Waals surface area contributed by atoms with Crippen molar-refractivity contribution in [3.8, 4) is 5.75 Å². The van der Waals surface area contributed by atoms with Crippen molar-refractivity contribution in [3.63, 3.8) is 0 Å². The highest BCUT2D eigenvalue weighted by atomic mass is 35.5. The number of urea groups is 1. The van der Waals surface area contributed by atoms with Gasteiger partial charge in [-0.05, 0) is 31.9 Å². The van der Waals surface area contributed by atoms with E-state index >= 15 is 0 Å². The van der Waals surface area contributed by atoms with Crippen LogP contribution in [0.1, 0.15) is 19.8 Å². The summed E-state index contributed by atoms with van der Waals surface area (Å²) >= 11 is 6.02. The second-order valence-corrected chi connectivity index (χ2v) is 6.05. The molecular formula is C16H21ClN2O4. The Balaban J connectivity index is 1.74. The van der Waals surface area contributed by atoms with Crippen LogP contribution in [0.5, 0.6) is 5.75 Å². The maximum atomic E-state index is 12.1. The van der Waals surface area contributed by atoms with Gasteiger partial charge in [0.1, 0.15) is 11.9 Å². The highest BCUT2D eigenvalue weighted by Crippen LogP contribution is 2.24. The molecule has 1 aliphatic rings. The zero-order valence-corrected chi connectivity index (χ0v) is 13.8. The molecule has 0 aliphatic carbocycles. The van der Waals surface area contributed by atoms with Crippen LogP contribution in [0.2, 0.25) is 5.02 Å². The van der Waals surface area contributed by atoms with Gasteiger partial charge in [0.25, 0.3) is 0 Å². The van der Waals surface area contributed by atoms with Crippen molar-refractivity contribution >= 4 is 23.6 Å². The van der Waals surface area contributed by atoms with Crippen LogP contribution < -0.4 is 10.1 Å². The van der Waals surface area contributed by atoms with Gasteiger partial charge >= 0.3 is 12.0 Å². The summed E-state index contributed by atoms with van der Waals surface area (Å²) in [4.78, 5) is 24.6. The molecule has 1 aliphatic heterocycles. The fraction of sp³-hybridized carbons (Fsp3) is 0.500. The van der Waals surface area contributed by atoms with Crippen molar-refractivity contribution in [2.75, 3.05) is 19.6 Å². The molecule has 0 radical (unpaired) electrons. The molecule has 1 aromatic carbocycles. The Hall–Kier alpha value is -1.95. The van der Waals surface area contributed by atoms with Crippen molar-refractivity contribution in [3.05, 3.63) is 29.3 Å². The fourth-order valence-electron chi connectivity index (χ4n) is 2.47. The molecule has 1 heterocycles. The van der Waals surface area contributed by atoms with Crippen molar-refractivity contribution < 1.29 is 19.4 Å². The van der Waals surface area contributed by atoms with E-state index in [2.05, 4.69) is 5.32 Å². The van der Waals surface area contributed by atoms with Gasteiger partial charge in [0, 0.05) is 13.1 Å². The third-order valence-corrected chi connectivity index (χ3v) is 4.15. The van der Waals surface area contributed by atoms with E-state index in [1.165, 1.54) is 0 Å². The largest absolute Gasteiger partial charge is 0.487 e. The Bertz CT molecular complexity index is 559. The highest BCUT2D eigenvalue weighted by molar-refractivity contribution is 6.32. The average Bonchev–Trinajstić information content (AvgIpc) is 2.55. The first kappa shape index (κ1) is 17.4. The number of likely N-dealkylation sites (tertiary alicyclic amines) is 1. The van der Waals surface area contributed by atoms with E-state index in [0.717, 1.165) is 0 Å². The molecule has 2 rings (SSSR count). The molecular weight excluding hydrogens is 320 g/mol. The first-order valence-corrected chi connectivity index (χ1v) is 8.02. The Kier molecular flexibility index (Phi) is 6.10. The molecule has 2 amide bonds. The number of hydrogen-bond donors (Lipinski definition) is 2. The number of carbonyl (C=O) groups is 2. The first-order valence-electron chi connectivity index (χ1n) is 7.64. The van der Waals surface area contributed by atoms with Gasteiger partial charge in [-0.15, -0.1) is 0 Å². The SMILES string of the molecule is CC(CNC(=O)N1CCC(C(=O)O)CC1)Oc1ccccc1Cl. The number of ether oxygens (including phenoxy) is 1. The zero-order valence-electron chi connectivity index (χ0n) is 13.0. The van der Waals surface area contributed by atoms with Gasteiger partial charge in [0.05, 0.1) is 17.5 Å². The summed E-state index contributed by atoms with van der Waals surface area (Å²) in [6.45, 7) is 3.12. The lowest BCUT2D eigenvalue weighted by atomic mass is 9.97. The van der Waals surface area contributed by atoms with E-state index < -0.39 is 5.97 Å². The Morgan fingerprint density at radius 2 is 2.04 bits per heavy atom. The van der Waals surface area contributed by atoms with E-state index in [-0.39, 0.29) is 18.1 Å². The van der Waals surface area contributed by atoms with Gasteiger partial charge in [-0.3, -0.25) is 4.79 Å². The number of piperidine rings is 1. The molecule has 23 heavy (non-hydrogen) atoms. The first-order chi connectivity index (χ1) is 11.0. The number of para-hydroxylation sites is 1. The number of carboxylic acid groups (broad SMARTS) is 1. The third-order valence-electron chi connectivity index (χ3n) is 3.84. The Morgan fingerprint density at radius 3 is 2.65 bits per heavy atom. The lowest BCUT2D eigenvalue weighted by molar-refractivity contribution is -0.143. The summed E-state index contributed by atoms with van der Waals surface area (Å²) in [7, 11) is 0. The molecule has 7 heteroatoms. The number of carbonyl (C=O) groups excluding carboxylic acids is 1. The fourth-order valence-corrected chi connectivity index (χ4v) is 2.65. The van der Waals surface area contributed by atoms with Crippen LogP contribution >= 0.6 is 11.6 Å². The molecule has 0 saturated carbocycles. The van der Waals surface area contributed by atoms with Crippen LogP contribution in [0.4, 0.5) is 4.79 Å². The zero-order chi connectivity index (χ0) is 16.8. The van der Waals surface area contributed by atoms with Crippen LogP contribution in [0.25, 0.3) is 0 Å². The number of amides is 2. The van der Waals surface area contributed by atoms with Crippen LogP contribution in [-0.4, -0.2) is 47.7 Å². The van der Waals surface area contributed by atoms with E-state index in [9.17, 15) is 9.59 Å². The molecule has 1 aromatic rings. The standard InChI is InChI=1S/C16H21ClN2O4/c1-11(23-14-5-3-2-4-13(14)17)10-18-16(22)19-8-6-12(7-9-19)15(20)21/h2-5,11-12H,6-10H2,1H3,(H,18,22)(H,20,21). The lowest BCUT2D eigenvalue weighted by Crippen LogP contribution is -2.47. The minimum absolute atomic E-state index is 0.191. The van der Waals surface area contributed by atoms with Crippen molar-refractivity contribution in [1.82, 2.24) is 10.2 Å². The topological polar surface area (TPSA) is 78.9 Å². The normalized spacial score (nSPS) is 16.7. The monoisotopic (exact) mass is 340 g/mol. The van der Waals surface area contributed by atoms with Crippen LogP contribution in [-0.2, 0) is 4.79 Å². The summed E-state index contributed by atoms with van der Waals surface area (Å²) in [5.41, 5.74) is 0. The minimum Gasteiger partial charge on any atom is -0.487 e. The maximum Gasteiger partial charge on any atom is 0.317 e. The molecule has 1 unspecified atom stereocenters. The number of benzene rings is 1. The van der Waals surface area contributed by atoms with Gasteiger partial charge in [0.2, 0.25) is 0 Å². The van der Waals surface area contributed by atoms with Gasteiger partial charge in [-0.25, -0.2) is 4.79 Å². The molecule has 1 fully saturated rings. The second-order valence-electron chi connectivity index (χ2n) is 5.64. The number of rotatable bonds is 5. The number of nitrogens with zero attached hydrogens (tertiary/aromatic N) is 1. The van der Waals surface area contributed by atoms with E-state index in [1.54, 1.807) is 17.0 Å². The number of aliphatic carboxylic acids is 1. The second kappa shape index (κ2) is 8.06. The summed E-state index contributed by atoms with van der Waals surface area (Å²) in [5.74, 6) is -0.550. The van der Waals surface area contributed by atoms with Crippen LogP contribution in [0.15, 0.2) is 24.3 Å². The van der Waals surface area contributed by atoms with Gasteiger partial charge in [-0.2, -0.15) is 0 Å². The molecule has 0 aromatic heterocycles. The van der Waals surface area contributed by atoms with Gasteiger partial charge in [0.15, 0.2) is 0 Å². The van der Waals surface area contributed by atoms with Gasteiger partial charge < -0.3 is 20.1 Å². The lowest BCUT2D eigenvalue weighted by Gasteiger charge is -2.30. The molecule has 2 N–H and O–H groups in total. The molecule has 0 bridgehead atoms. The number of hydrogen-bond acceptors (Lipinski definition) is 3. The molecule has 1 saturated heterocycles. The Morgan fingerprint density at radius 1 is 1.39 bits per heavy atom.